The lowest BCUT2D eigenvalue weighted by molar-refractivity contribution is 0.171. The van der Waals surface area contributed by atoms with E-state index < -0.39 is 0 Å². The molecular weight excluding hydrogens is 388 g/mol. The highest BCUT2D eigenvalue weighted by Gasteiger charge is 2.11. The van der Waals surface area contributed by atoms with E-state index in [-0.39, 0.29) is 0 Å². The Kier molecular flexibility index (Phi) is 4.12. The summed E-state index contributed by atoms with van der Waals surface area (Å²) in [6, 6.07) is 7.82. The zero-order chi connectivity index (χ0) is 13.9. The number of hydrogen-bond donors (Lipinski definition) is 1. The highest BCUT2D eigenvalue weighted by Crippen LogP contribution is 2.32. The van der Waals surface area contributed by atoms with E-state index in [9.17, 15) is 0 Å². The Morgan fingerprint density at radius 1 is 1.10 bits per heavy atom. The van der Waals surface area contributed by atoms with Gasteiger partial charge in [0, 0.05) is 26.9 Å². The van der Waals surface area contributed by atoms with Crippen molar-refractivity contribution in [3.05, 3.63) is 45.1 Å². The van der Waals surface area contributed by atoms with Gasteiger partial charge in [0.1, 0.15) is 13.2 Å². The van der Waals surface area contributed by atoms with Crippen molar-refractivity contribution >= 4 is 37.5 Å². The highest BCUT2D eigenvalue weighted by atomic mass is 79.9. The summed E-state index contributed by atoms with van der Waals surface area (Å²) in [7, 11) is 0. The monoisotopic (exact) mass is 398 g/mol. The van der Waals surface area contributed by atoms with Gasteiger partial charge >= 0.3 is 0 Å². The Hall–Kier alpha value is -1.27. The predicted octanol–water partition coefficient (Wildman–Crippen LogP) is 3.99. The Labute approximate surface area is 133 Å². The van der Waals surface area contributed by atoms with Crippen LogP contribution in [0.5, 0.6) is 11.5 Å². The van der Waals surface area contributed by atoms with Crippen LogP contribution in [0.15, 0.2) is 39.4 Å². The van der Waals surface area contributed by atoms with Gasteiger partial charge in [-0.1, -0.05) is 0 Å². The molecule has 0 aliphatic carbocycles. The molecule has 1 aliphatic rings. The van der Waals surface area contributed by atoms with Gasteiger partial charge in [0.2, 0.25) is 0 Å². The van der Waals surface area contributed by atoms with E-state index >= 15 is 0 Å². The van der Waals surface area contributed by atoms with E-state index in [1.54, 1.807) is 6.20 Å². The molecule has 2 heterocycles. The Balaban J connectivity index is 1.72. The first-order valence-electron chi connectivity index (χ1n) is 6.16. The molecule has 0 amide bonds. The van der Waals surface area contributed by atoms with Crippen molar-refractivity contribution in [3.8, 4) is 11.5 Å². The maximum absolute atomic E-state index is 5.56. The minimum Gasteiger partial charge on any atom is -0.486 e. The van der Waals surface area contributed by atoms with E-state index in [2.05, 4.69) is 42.2 Å². The van der Waals surface area contributed by atoms with Crippen molar-refractivity contribution in [2.75, 3.05) is 18.5 Å². The molecule has 1 N–H and O–H groups in total. The van der Waals surface area contributed by atoms with Crippen LogP contribution < -0.4 is 14.8 Å². The van der Waals surface area contributed by atoms with Crippen molar-refractivity contribution in [1.29, 1.82) is 0 Å². The lowest BCUT2D eigenvalue weighted by atomic mass is 10.2. The molecule has 0 bridgehead atoms. The van der Waals surface area contributed by atoms with Crippen LogP contribution in [0.4, 0.5) is 5.69 Å². The Morgan fingerprint density at radius 2 is 1.90 bits per heavy atom. The Bertz CT molecular complexity index is 635. The standard InChI is InChI=1S/C14H12Br2N2O2/c15-9-5-11(16)12(18-7-9)8-17-10-1-2-13-14(6-10)20-4-3-19-13/h1-2,5-7,17H,3-4,8H2. The van der Waals surface area contributed by atoms with Crippen molar-refractivity contribution < 1.29 is 9.47 Å². The molecule has 0 radical (unpaired) electrons. The summed E-state index contributed by atoms with van der Waals surface area (Å²) >= 11 is 6.89. The predicted molar refractivity (Wildman–Crippen MR) is 84.4 cm³/mol. The molecule has 20 heavy (non-hydrogen) atoms. The molecule has 0 saturated heterocycles. The summed E-state index contributed by atoms with van der Waals surface area (Å²) in [6.07, 6.45) is 1.78. The summed E-state index contributed by atoms with van der Waals surface area (Å²) in [4.78, 5) is 4.37. The van der Waals surface area contributed by atoms with Crippen molar-refractivity contribution in [3.63, 3.8) is 0 Å². The van der Waals surface area contributed by atoms with Gasteiger partial charge in [-0.2, -0.15) is 0 Å². The van der Waals surface area contributed by atoms with Crippen LogP contribution in [-0.4, -0.2) is 18.2 Å². The van der Waals surface area contributed by atoms with Gasteiger partial charge in [-0.15, -0.1) is 0 Å². The second-order valence-electron chi connectivity index (χ2n) is 4.29. The summed E-state index contributed by atoms with van der Waals surface area (Å²) < 4.78 is 13.0. The van der Waals surface area contributed by atoms with Gasteiger partial charge < -0.3 is 14.8 Å². The van der Waals surface area contributed by atoms with Gasteiger partial charge in [0.05, 0.1) is 12.2 Å². The quantitative estimate of drug-likeness (QED) is 0.847. The maximum Gasteiger partial charge on any atom is 0.163 e. The van der Waals surface area contributed by atoms with Crippen LogP contribution in [0.25, 0.3) is 0 Å². The van der Waals surface area contributed by atoms with Gasteiger partial charge in [0.15, 0.2) is 11.5 Å². The average molecular weight is 400 g/mol. The number of fused-ring (bicyclic) bond motifs is 1. The first kappa shape index (κ1) is 13.7. The lowest BCUT2D eigenvalue weighted by Gasteiger charge is -2.19. The number of hydrogen-bond acceptors (Lipinski definition) is 4. The summed E-state index contributed by atoms with van der Waals surface area (Å²) in [6.45, 7) is 1.83. The average Bonchev–Trinajstić information content (AvgIpc) is 2.46. The lowest BCUT2D eigenvalue weighted by Crippen LogP contribution is -2.15. The molecule has 0 saturated carbocycles. The number of halogens is 2. The second kappa shape index (κ2) is 6.01. The zero-order valence-corrected chi connectivity index (χ0v) is 13.7. The van der Waals surface area contributed by atoms with Crippen LogP contribution in [-0.2, 0) is 6.54 Å². The number of pyridine rings is 1. The number of rotatable bonds is 3. The molecule has 104 valence electrons. The molecule has 0 unspecified atom stereocenters. The minimum atomic E-state index is 0.594. The molecule has 0 spiro atoms. The SMILES string of the molecule is Brc1cnc(CNc2ccc3c(c2)OCCO3)c(Br)c1. The Morgan fingerprint density at radius 3 is 2.70 bits per heavy atom. The van der Waals surface area contributed by atoms with Crippen molar-refractivity contribution in [2.45, 2.75) is 6.54 Å². The van der Waals surface area contributed by atoms with E-state index in [1.807, 2.05) is 24.3 Å². The van der Waals surface area contributed by atoms with Crippen LogP contribution in [0, 0.1) is 0 Å². The summed E-state index contributed by atoms with van der Waals surface area (Å²) in [5, 5.41) is 3.33. The third-order valence-corrected chi connectivity index (χ3v) is 4.01. The molecule has 4 nitrogen and oxygen atoms in total. The van der Waals surface area contributed by atoms with Crippen LogP contribution in [0.2, 0.25) is 0 Å². The number of ether oxygens (including phenoxy) is 2. The van der Waals surface area contributed by atoms with Crippen molar-refractivity contribution in [2.24, 2.45) is 0 Å². The molecule has 6 heteroatoms. The summed E-state index contributed by atoms with van der Waals surface area (Å²) in [5.41, 5.74) is 1.92. The molecule has 1 aliphatic heterocycles. The first-order chi connectivity index (χ1) is 9.72. The molecular formula is C14H12Br2N2O2. The fourth-order valence-electron chi connectivity index (χ4n) is 1.91. The fraction of sp³-hybridized carbons (Fsp3) is 0.214. The van der Waals surface area contributed by atoms with E-state index in [1.165, 1.54) is 0 Å². The number of nitrogens with one attached hydrogen (secondary N) is 1. The second-order valence-corrected chi connectivity index (χ2v) is 6.06. The number of aromatic nitrogens is 1. The van der Waals surface area contributed by atoms with E-state index in [0.717, 1.165) is 31.8 Å². The molecule has 1 aromatic carbocycles. The minimum absolute atomic E-state index is 0.594. The van der Waals surface area contributed by atoms with Crippen LogP contribution in [0.3, 0.4) is 0 Å². The maximum atomic E-state index is 5.56. The molecule has 0 atom stereocenters. The first-order valence-corrected chi connectivity index (χ1v) is 7.74. The third kappa shape index (κ3) is 3.07. The van der Waals surface area contributed by atoms with E-state index in [0.29, 0.717) is 19.8 Å². The van der Waals surface area contributed by atoms with Gasteiger partial charge in [0.25, 0.3) is 0 Å². The van der Waals surface area contributed by atoms with E-state index in [4.69, 9.17) is 9.47 Å². The zero-order valence-electron chi connectivity index (χ0n) is 10.5. The smallest absolute Gasteiger partial charge is 0.163 e. The van der Waals surface area contributed by atoms with Crippen LogP contribution >= 0.6 is 31.9 Å². The van der Waals surface area contributed by atoms with Gasteiger partial charge in [-0.3, -0.25) is 4.98 Å². The fourth-order valence-corrected chi connectivity index (χ4v) is 3.04. The number of anilines is 1. The molecule has 0 fully saturated rings. The third-order valence-electron chi connectivity index (χ3n) is 2.89. The normalized spacial score (nSPS) is 13.1. The number of nitrogens with zero attached hydrogens (tertiary/aromatic N) is 1. The summed E-state index contributed by atoms with van der Waals surface area (Å²) in [5.74, 6) is 1.58. The van der Waals surface area contributed by atoms with Crippen LogP contribution in [0.1, 0.15) is 5.69 Å². The van der Waals surface area contributed by atoms with Gasteiger partial charge in [-0.05, 0) is 50.1 Å². The number of benzene rings is 1. The molecule has 3 rings (SSSR count). The molecule has 2 aromatic rings. The topological polar surface area (TPSA) is 43.4 Å². The van der Waals surface area contributed by atoms with Gasteiger partial charge in [-0.25, -0.2) is 0 Å². The highest BCUT2D eigenvalue weighted by molar-refractivity contribution is 9.11. The van der Waals surface area contributed by atoms with Crippen molar-refractivity contribution in [1.82, 2.24) is 4.98 Å². The molecule has 1 aromatic heterocycles. The largest absolute Gasteiger partial charge is 0.486 e.